The lowest BCUT2D eigenvalue weighted by molar-refractivity contribution is -0.438. The summed E-state index contributed by atoms with van der Waals surface area (Å²) in [6, 6.07) is 11.4. The van der Waals surface area contributed by atoms with Gasteiger partial charge in [-0.2, -0.15) is 13.0 Å². The van der Waals surface area contributed by atoms with Crippen LogP contribution in [-0.2, 0) is 77.8 Å². The number of anilines is 1. The van der Waals surface area contributed by atoms with E-state index in [1.54, 1.807) is 19.2 Å². The molecule has 2 heterocycles. The van der Waals surface area contributed by atoms with E-state index in [0.29, 0.717) is 158 Å². The minimum Gasteiger partial charge on any atom is -0.481 e. The number of carboxylic acids is 1. The number of benzene rings is 2. The molecule has 0 amide bonds. The molecule has 4 rings (SSSR count). The summed E-state index contributed by atoms with van der Waals surface area (Å²) in [6.07, 6.45) is 13.4. The third-order valence-corrected chi connectivity index (χ3v) is 13.7. The van der Waals surface area contributed by atoms with Crippen molar-refractivity contribution in [3.05, 3.63) is 89.2 Å². The van der Waals surface area contributed by atoms with Crippen molar-refractivity contribution in [2.45, 2.75) is 82.4 Å². The zero-order valence-corrected chi connectivity index (χ0v) is 46.4. The van der Waals surface area contributed by atoms with Crippen molar-refractivity contribution in [2.75, 3.05) is 164 Å². The monoisotopic (exact) mass is 1080 g/mol. The first-order valence-electron chi connectivity index (χ1n) is 26.4. The van der Waals surface area contributed by atoms with E-state index < -0.39 is 21.5 Å². The molecule has 2 aromatic carbocycles. The molecule has 18 nitrogen and oxygen atoms in total. The van der Waals surface area contributed by atoms with Crippen LogP contribution in [0.3, 0.4) is 0 Å². The van der Waals surface area contributed by atoms with Crippen molar-refractivity contribution in [3.63, 3.8) is 0 Å². The summed E-state index contributed by atoms with van der Waals surface area (Å²) in [5.74, 6) is -0.764. The van der Waals surface area contributed by atoms with Crippen LogP contribution in [0.1, 0.15) is 76.5 Å². The average Bonchev–Trinajstić information content (AvgIpc) is 3.74. The minimum absolute atomic E-state index is 0.149. The van der Waals surface area contributed by atoms with Gasteiger partial charge in [-0.15, -0.1) is 0 Å². The van der Waals surface area contributed by atoms with Gasteiger partial charge >= 0.3 is 5.97 Å². The van der Waals surface area contributed by atoms with Crippen LogP contribution in [0.2, 0.25) is 0 Å². The summed E-state index contributed by atoms with van der Waals surface area (Å²) in [6.45, 7) is 22.1. The second-order valence-electron chi connectivity index (χ2n) is 18.8. The van der Waals surface area contributed by atoms with Crippen LogP contribution in [0.5, 0.6) is 0 Å². The van der Waals surface area contributed by atoms with E-state index in [1.165, 1.54) is 28.6 Å². The smallest absolute Gasteiger partial charge is 0.303 e. The van der Waals surface area contributed by atoms with Crippen LogP contribution in [0, 0.1) is 6.92 Å². The Balaban J connectivity index is 1.12. The van der Waals surface area contributed by atoms with Gasteiger partial charge in [0.1, 0.15) is 6.54 Å². The van der Waals surface area contributed by atoms with E-state index in [2.05, 4.69) is 80.5 Å². The molecule has 0 fully saturated rings. The highest BCUT2D eigenvalue weighted by Gasteiger charge is 2.45. The standard InChI is InChI=1S/C56H86N2O16S/c1-7-57-51-20-18-47(75(61,62)63)45-49(51)56(5,53(57)15-11-8-10-14-52-55(3,4)48-44-46(2)17-19-50(48)58(52)22-13-9-12-16-54(59)60)21-23-65-26-27-67-30-31-69-34-35-71-38-39-73-42-43-74-41-40-72-37-36-70-33-32-68-29-28-66-25-24-64-6/h8,10-11,14-15,17-20,44-45H,7,9,12-13,16,21-43H2,1-6H3,(H-,59,60,61,62,63)/p+1. The zero-order chi connectivity index (χ0) is 54.2. The van der Waals surface area contributed by atoms with E-state index in [-0.39, 0.29) is 16.7 Å². The second-order valence-corrected chi connectivity index (χ2v) is 20.2. The predicted octanol–water partition coefficient (Wildman–Crippen LogP) is 7.26. The van der Waals surface area contributed by atoms with Crippen LogP contribution in [-0.4, -0.2) is 193 Å². The van der Waals surface area contributed by atoms with Crippen molar-refractivity contribution < 1.29 is 79.6 Å². The molecule has 0 radical (unpaired) electrons. The van der Waals surface area contributed by atoms with Crippen LogP contribution < -0.4 is 4.90 Å². The van der Waals surface area contributed by atoms with Gasteiger partial charge in [-0.25, -0.2) is 0 Å². The predicted molar refractivity (Wildman–Crippen MR) is 288 cm³/mol. The third kappa shape index (κ3) is 22.1. The number of aryl methyl sites for hydroxylation is 1. The Morgan fingerprint density at radius 1 is 0.627 bits per heavy atom. The van der Waals surface area contributed by atoms with Gasteiger partial charge < -0.3 is 62.1 Å². The van der Waals surface area contributed by atoms with Gasteiger partial charge in [0.15, 0.2) is 5.71 Å². The number of likely N-dealkylation sites (N-methyl/N-ethyl adjacent to an activating group) is 1. The lowest BCUT2D eigenvalue weighted by atomic mass is 9.78. The topological polar surface area (TPSA) is 199 Å². The molecule has 2 aliphatic heterocycles. The zero-order valence-electron chi connectivity index (χ0n) is 45.6. The van der Waals surface area contributed by atoms with Crippen LogP contribution in [0.4, 0.5) is 11.4 Å². The maximum absolute atomic E-state index is 12.3. The van der Waals surface area contributed by atoms with Crippen LogP contribution in [0.15, 0.2) is 77.4 Å². The quantitative estimate of drug-likeness (QED) is 0.0291. The maximum Gasteiger partial charge on any atom is 0.303 e. The van der Waals surface area contributed by atoms with E-state index >= 15 is 0 Å². The number of carboxylic acid groups (broad SMARTS) is 1. The van der Waals surface area contributed by atoms with E-state index in [1.807, 2.05) is 12.2 Å². The fraction of sp³-hybridized carbons (Fsp3) is 0.643. The van der Waals surface area contributed by atoms with E-state index in [4.69, 9.17) is 57.2 Å². The summed E-state index contributed by atoms with van der Waals surface area (Å²) in [7, 11) is -2.79. The molecule has 0 bridgehead atoms. The van der Waals surface area contributed by atoms with Gasteiger partial charge in [0.05, 0.1) is 142 Å². The third-order valence-electron chi connectivity index (χ3n) is 12.9. The number of allylic oxidation sites excluding steroid dienone is 6. The number of aliphatic carboxylic acids is 1. The van der Waals surface area contributed by atoms with E-state index in [9.17, 15) is 17.8 Å². The first-order chi connectivity index (χ1) is 36.3. The molecule has 2 aliphatic rings. The Labute approximate surface area is 446 Å². The Kier molecular flexibility index (Phi) is 30.1. The molecule has 422 valence electrons. The average molecular weight is 1080 g/mol. The van der Waals surface area contributed by atoms with Crippen molar-refractivity contribution in [2.24, 2.45) is 0 Å². The van der Waals surface area contributed by atoms with Crippen molar-refractivity contribution in [1.82, 2.24) is 0 Å². The Morgan fingerprint density at radius 2 is 1.12 bits per heavy atom. The summed E-state index contributed by atoms with van der Waals surface area (Å²) < 4.78 is 97.8. The summed E-state index contributed by atoms with van der Waals surface area (Å²) in [5, 5.41) is 9.12. The molecule has 2 aromatic rings. The fourth-order valence-corrected chi connectivity index (χ4v) is 9.41. The molecule has 2 N–H and O–H groups in total. The molecule has 0 aromatic heterocycles. The van der Waals surface area contributed by atoms with Crippen molar-refractivity contribution >= 4 is 33.2 Å². The molecule has 19 heteroatoms. The van der Waals surface area contributed by atoms with Crippen molar-refractivity contribution in [1.29, 1.82) is 0 Å². The normalized spacial score (nSPS) is 16.9. The molecule has 0 aliphatic carbocycles. The molecule has 0 spiro atoms. The highest BCUT2D eigenvalue weighted by atomic mass is 32.2. The lowest BCUT2D eigenvalue weighted by Crippen LogP contribution is -2.30. The highest BCUT2D eigenvalue weighted by Crippen LogP contribution is 2.50. The minimum atomic E-state index is -4.43. The first-order valence-corrected chi connectivity index (χ1v) is 27.9. The molecular formula is C56H87N2O16S+. The first kappa shape index (κ1) is 63.6. The van der Waals surface area contributed by atoms with Gasteiger partial charge in [0, 0.05) is 67.6 Å². The Bertz CT molecular complexity index is 2210. The number of methoxy groups -OCH3 is 1. The summed E-state index contributed by atoms with van der Waals surface area (Å²) >= 11 is 0. The number of unbranched alkanes of at least 4 members (excludes halogenated alkanes) is 2. The van der Waals surface area contributed by atoms with Gasteiger partial charge in [0.25, 0.3) is 10.1 Å². The molecule has 0 saturated carbocycles. The van der Waals surface area contributed by atoms with Gasteiger partial charge in [-0.3, -0.25) is 9.35 Å². The number of nitrogens with zero attached hydrogens (tertiary/aromatic N) is 2. The number of rotatable bonds is 44. The summed E-state index contributed by atoms with van der Waals surface area (Å²) in [4.78, 5) is 13.1. The van der Waals surface area contributed by atoms with Gasteiger partial charge in [-0.05, 0) is 89.8 Å². The Morgan fingerprint density at radius 3 is 1.59 bits per heavy atom. The van der Waals surface area contributed by atoms with E-state index in [0.717, 1.165) is 36.3 Å². The maximum atomic E-state index is 12.3. The second kappa shape index (κ2) is 35.5. The van der Waals surface area contributed by atoms with Crippen LogP contribution >= 0.6 is 0 Å². The summed E-state index contributed by atoms with van der Waals surface area (Å²) in [5.41, 5.74) is 6.63. The fourth-order valence-electron chi connectivity index (χ4n) is 8.91. The number of fused-ring (bicyclic) bond motifs is 2. The Hall–Kier alpha value is -3.93. The van der Waals surface area contributed by atoms with Gasteiger partial charge in [0.2, 0.25) is 5.69 Å². The van der Waals surface area contributed by atoms with Gasteiger partial charge in [-0.1, -0.05) is 29.9 Å². The molecule has 1 atom stereocenters. The lowest BCUT2D eigenvalue weighted by Gasteiger charge is -2.30. The van der Waals surface area contributed by atoms with Crippen LogP contribution in [0.25, 0.3) is 0 Å². The number of carbonyl (C=O) groups is 1. The molecular weight excluding hydrogens is 989 g/mol. The van der Waals surface area contributed by atoms with Crippen molar-refractivity contribution in [3.8, 4) is 0 Å². The largest absolute Gasteiger partial charge is 0.481 e. The SMILES string of the molecule is CCN1C(=CC=CC=CC2=[N+](CCCCCC(=O)O)c3ccc(C)cc3C2(C)C)C(C)(CCOCCOCCOCCOCCOCCOCCOCCOCCOCCOCCOC)c2cc(S(=O)(=O)O)ccc21. The molecule has 1 unspecified atom stereocenters. The number of ether oxygens (including phenoxy) is 11. The number of hydrogen-bond acceptors (Lipinski definition) is 15. The molecule has 0 saturated heterocycles. The number of hydrogen-bond donors (Lipinski definition) is 2. The highest BCUT2D eigenvalue weighted by molar-refractivity contribution is 7.85. The molecule has 75 heavy (non-hydrogen) atoms.